The highest BCUT2D eigenvalue weighted by molar-refractivity contribution is 8.14. The Morgan fingerprint density at radius 1 is 1.38 bits per heavy atom. The Kier molecular flexibility index (Phi) is 10.5. The predicted molar refractivity (Wildman–Crippen MR) is 111 cm³/mol. The van der Waals surface area contributed by atoms with Gasteiger partial charge in [-0.1, -0.05) is 11.8 Å². The lowest BCUT2D eigenvalue weighted by molar-refractivity contribution is 0.208. The summed E-state index contributed by atoms with van der Waals surface area (Å²) in [4.78, 5) is 12.8. The SMILES string of the molecule is COCCN=C(N)Nc1nc(CCCCN=C(NS(C)(=O)=O)SC)cs1. The highest BCUT2D eigenvalue weighted by atomic mass is 32.2. The zero-order valence-corrected chi connectivity index (χ0v) is 17.6. The Morgan fingerprint density at radius 2 is 2.15 bits per heavy atom. The molecule has 9 nitrogen and oxygen atoms in total. The Hall–Kier alpha value is -1.37. The average molecular weight is 423 g/mol. The van der Waals surface area contributed by atoms with Crippen LogP contribution in [0.15, 0.2) is 15.4 Å². The summed E-state index contributed by atoms with van der Waals surface area (Å²) in [6.07, 6.45) is 5.47. The van der Waals surface area contributed by atoms with E-state index in [0.717, 1.165) is 31.2 Å². The number of ether oxygens (including phenoxy) is 1. The fourth-order valence-electron chi connectivity index (χ4n) is 1.78. The number of methoxy groups -OCH3 is 1. The standard InChI is InChI=1S/C14H26N6O3S3/c1-23-9-8-16-12(15)19-14-18-11(10-25-14)6-4-5-7-17-13(24-2)20-26(3,21)22/h10H,4-9H2,1-3H3,(H,17,20)(H3,15,16,18,19). The molecule has 0 fully saturated rings. The Bertz CT molecular complexity index is 703. The molecule has 0 aliphatic rings. The van der Waals surface area contributed by atoms with E-state index in [4.69, 9.17) is 10.5 Å². The molecule has 1 heterocycles. The van der Waals surface area contributed by atoms with Crippen LogP contribution in [0.2, 0.25) is 0 Å². The van der Waals surface area contributed by atoms with Gasteiger partial charge in [0.25, 0.3) is 0 Å². The van der Waals surface area contributed by atoms with Gasteiger partial charge in [0.15, 0.2) is 16.3 Å². The quantitative estimate of drug-likeness (QED) is 0.292. The van der Waals surface area contributed by atoms with E-state index in [1.54, 1.807) is 13.4 Å². The molecule has 1 aromatic heterocycles. The van der Waals surface area contributed by atoms with Crippen molar-refractivity contribution < 1.29 is 13.2 Å². The second-order valence-corrected chi connectivity index (χ2v) is 8.65. The number of amidine groups is 1. The number of hydrogen-bond donors (Lipinski definition) is 3. The second kappa shape index (κ2) is 12.1. The maximum absolute atomic E-state index is 11.2. The molecule has 0 aliphatic heterocycles. The molecule has 0 saturated carbocycles. The monoisotopic (exact) mass is 422 g/mol. The minimum atomic E-state index is -3.28. The van der Waals surface area contributed by atoms with Crippen LogP contribution < -0.4 is 15.8 Å². The summed E-state index contributed by atoms with van der Waals surface area (Å²) in [6, 6.07) is 0. The molecule has 0 saturated heterocycles. The minimum Gasteiger partial charge on any atom is -0.383 e. The number of guanidine groups is 1. The highest BCUT2D eigenvalue weighted by Crippen LogP contribution is 2.16. The zero-order chi connectivity index (χ0) is 19.4. The van der Waals surface area contributed by atoms with Gasteiger partial charge in [0.05, 0.1) is 25.1 Å². The Labute approximate surface area is 163 Å². The third kappa shape index (κ3) is 10.6. The van der Waals surface area contributed by atoms with Crippen LogP contribution in [-0.4, -0.2) is 63.8 Å². The summed E-state index contributed by atoms with van der Waals surface area (Å²) in [7, 11) is -1.67. The maximum Gasteiger partial charge on any atom is 0.231 e. The van der Waals surface area contributed by atoms with Gasteiger partial charge in [-0.2, -0.15) is 0 Å². The number of nitrogens with one attached hydrogen (secondary N) is 2. The lowest BCUT2D eigenvalue weighted by Crippen LogP contribution is -2.27. The first-order valence-corrected chi connectivity index (χ1v) is 11.9. The smallest absolute Gasteiger partial charge is 0.231 e. The molecule has 0 amide bonds. The summed E-state index contributed by atoms with van der Waals surface area (Å²) in [6.45, 7) is 1.58. The number of nitrogens with zero attached hydrogens (tertiary/aromatic N) is 3. The van der Waals surface area contributed by atoms with Crippen LogP contribution in [0.1, 0.15) is 18.5 Å². The molecule has 0 aliphatic carbocycles. The fourth-order valence-corrected chi connectivity index (χ4v) is 3.92. The molecule has 1 rings (SSSR count). The van der Waals surface area contributed by atoms with Crippen molar-refractivity contribution in [1.82, 2.24) is 9.71 Å². The number of nitrogens with two attached hydrogens (primary N) is 1. The molecule has 0 atom stereocenters. The van der Waals surface area contributed by atoms with Gasteiger partial charge in [-0.15, -0.1) is 11.3 Å². The van der Waals surface area contributed by atoms with Crippen molar-refractivity contribution in [3.8, 4) is 0 Å². The van der Waals surface area contributed by atoms with E-state index >= 15 is 0 Å². The van der Waals surface area contributed by atoms with Gasteiger partial charge in [0.2, 0.25) is 10.0 Å². The molecule has 12 heteroatoms. The van der Waals surface area contributed by atoms with Crippen molar-refractivity contribution in [3.05, 3.63) is 11.1 Å². The highest BCUT2D eigenvalue weighted by Gasteiger charge is 2.05. The van der Waals surface area contributed by atoms with Crippen LogP contribution in [-0.2, 0) is 21.2 Å². The van der Waals surface area contributed by atoms with E-state index in [2.05, 4.69) is 25.0 Å². The largest absolute Gasteiger partial charge is 0.383 e. The van der Waals surface area contributed by atoms with Gasteiger partial charge in [-0.05, 0) is 25.5 Å². The van der Waals surface area contributed by atoms with E-state index < -0.39 is 10.0 Å². The number of sulfonamides is 1. The number of aliphatic imine (C=N–C) groups is 2. The number of aromatic nitrogens is 1. The number of unbranched alkanes of at least 4 members (excludes halogenated alkanes) is 1. The van der Waals surface area contributed by atoms with Gasteiger partial charge in [-0.3, -0.25) is 14.7 Å². The molecule has 0 radical (unpaired) electrons. The molecular weight excluding hydrogens is 396 g/mol. The number of hydrogen-bond acceptors (Lipinski definition) is 8. The first-order valence-electron chi connectivity index (χ1n) is 7.90. The van der Waals surface area contributed by atoms with Crippen LogP contribution in [0.25, 0.3) is 0 Å². The summed E-state index contributed by atoms with van der Waals surface area (Å²) >= 11 is 2.75. The third-order valence-corrected chi connectivity index (χ3v) is 5.04. The molecular formula is C14H26N6O3S3. The van der Waals surface area contributed by atoms with Crippen molar-refractivity contribution in [2.75, 3.05) is 44.6 Å². The van der Waals surface area contributed by atoms with Crippen LogP contribution in [0.5, 0.6) is 0 Å². The van der Waals surface area contributed by atoms with Gasteiger partial charge in [0.1, 0.15) is 0 Å². The number of thioether (sulfide) groups is 1. The van der Waals surface area contributed by atoms with Gasteiger partial charge < -0.3 is 15.8 Å². The molecule has 4 N–H and O–H groups in total. The van der Waals surface area contributed by atoms with Gasteiger partial charge in [-0.25, -0.2) is 13.4 Å². The van der Waals surface area contributed by atoms with E-state index in [0.29, 0.717) is 36.0 Å². The Balaban J connectivity index is 2.34. The van der Waals surface area contributed by atoms with Crippen molar-refractivity contribution in [3.63, 3.8) is 0 Å². The maximum atomic E-state index is 11.2. The van der Waals surface area contributed by atoms with E-state index in [9.17, 15) is 8.42 Å². The van der Waals surface area contributed by atoms with Crippen molar-refractivity contribution in [2.45, 2.75) is 19.3 Å². The van der Waals surface area contributed by atoms with Crippen molar-refractivity contribution in [1.29, 1.82) is 0 Å². The van der Waals surface area contributed by atoms with Crippen LogP contribution in [0, 0.1) is 0 Å². The van der Waals surface area contributed by atoms with Crippen LogP contribution in [0.3, 0.4) is 0 Å². The van der Waals surface area contributed by atoms with Crippen LogP contribution >= 0.6 is 23.1 Å². The lowest BCUT2D eigenvalue weighted by atomic mass is 10.2. The normalized spacial score (nSPS) is 13.0. The van der Waals surface area contributed by atoms with Crippen molar-refractivity contribution >= 4 is 49.4 Å². The summed E-state index contributed by atoms with van der Waals surface area (Å²) in [5.74, 6) is 0.320. The molecule has 26 heavy (non-hydrogen) atoms. The van der Waals surface area contributed by atoms with E-state index in [1.165, 1.54) is 23.1 Å². The molecule has 0 bridgehead atoms. The first kappa shape index (κ1) is 22.7. The van der Waals surface area contributed by atoms with Gasteiger partial charge in [0, 0.05) is 19.0 Å². The number of thiazole rings is 1. The molecule has 0 spiro atoms. The van der Waals surface area contributed by atoms with Gasteiger partial charge >= 0.3 is 0 Å². The topological polar surface area (TPSA) is 131 Å². The first-order chi connectivity index (χ1) is 12.3. The third-order valence-electron chi connectivity index (χ3n) is 2.93. The van der Waals surface area contributed by atoms with E-state index in [-0.39, 0.29) is 0 Å². The molecule has 0 unspecified atom stereocenters. The number of aryl methyl sites for hydroxylation is 1. The zero-order valence-electron chi connectivity index (χ0n) is 15.2. The number of anilines is 1. The summed E-state index contributed by atoms with van der Waals surface area (Å²) < 4.78 is 29.7. The second-order valence-electron chi connectivity index (χ2n) is 5.25. The summed E-state index contributed by atoms with van der Waals surface area (Å²) in [5.41, 5.74) is 6.74. The average Bonchev–Trinajstić information content (AvgIpc) is 2.99. The van der Waals surface area contributed by atoms with Crippen LogP contribution in [0.4, 0.5) is 5.13 Å². The lowest BCUT2D eigenvalue weighted by Gasteiger charge is -2.04. The predicted octanol–water partition coefficient (Wildman–Crippen LogP) is 1.11. The number of rotatable bonds is 10. The molecule has 0 aromatic carbocycles. The Morgan fingerprint density at radius 3 is 2.81 bits per heavy atom. The molecule has 1 aromatic rings. The fraction of sp³-hybridized carbons (Fsp3) is 0.643. The molecule has 148 valence electrons. The van der Waals surface area contributed by atoms with Crippen molar-refractivity contribution in [2.24, 2.45) is 15.7 Å². The van der Waals surface area contributed by atoms with E-state index in [1.807, 2.05) is 5.38 Å². The minimum absolute atomic E-state index is 0.320. The summed E-state index contributed by atoms with van der Waals surface area (Å²) in [5, 5.41) is 6.06.